The largest absolute Gasteiger partial charge is 0.493 e. The first-order chi connectivity index (χ1) is 14.7. The van der Waals surface area contributed by atoms with Crippen LogP contribution in [0.1, 0.15) is 19.7 Å². The van der Waals surface area contributed by atoms with Crippen molar-refractivity contribution in [3.63, 3.8) is 0 Å². The van der Waals surface area contributed by atoms with Crippen LogP contribution >= 0.6 is 11.6 Å². The fourth-order valence-corrected chi connectivity index (χ4v) is 3.10. The Labute approximate surface area is 185 Å². The number of halogens is 1. The molecule has 0 aliphatic rings. The lowest BCUT2D eigenvalue weighted by molar-refractivity contribution is -0.144. The van der Waals surface area contributed by atoms with Gasteiger partial charge in [-0.1, -0.05) is 11.6 Å². The summed E-state index contributed by atoms with van der Waals surface area (Å²) in [5.41, 5.74) is -0.425. The molecule has 2 aromatic carbocycles. The van der Waals surface area contributed by atoms with Crippen LogP contribution in [0.4, 0.5) is 0 Å². The molecule has 0 fully saturated rings. The van der Waals surface area contributed by atoms with Gasteiger partial charge in [0.15, 0.2) is 17.1 Å². The second-order valence-corrected chi connectivity index (χ2v) is 7.73. The van der Waals surface area contributed by atoms with Crippen molar-refractivity contribution in [1.82, 2.24) is 15.1 Å². The minimum atomic E-state index is -1.10. The zero-order valence-corrected chi connectivity index (χ0v) is 18.8. The number of carbonyl (C=O) groups is 1. The molecule has 3 aromatic rings. The monoisotopic (exact) mass is 445 g/mol. The van der Waals surface area contributed by atoms with E-state index in [9.17, 15) is 4.79 Å². The maximum atomic E-state index is 12.9. The Bertz CT molecular complexity index is 1050. The van der Waals surface area contributed by atoms with E-state index in [2.05, 4.69) is 10.2 Å². The van der Waals surface area contributed by atoms with Gasteiger partial charge in [0.05, 0.1) is 20.8 Å². The highest BCUT2D eigenvalue weighted by molar-refractivity contribution is 6.30. The molecule has 8 nitrogen and oxygen atoms in total. The minimum absolute atomic E-state index is 0.131. The van der Waals surface area contributed by atoms with Crippen LogP contribution in [0.5, 0.6) is 17.2 Å². The first-order valence-corrected chi connectivity index (χ1v) is 9.86. The van der Waals surface area contributed by atoms with E-state index in [0.717, 1.165) is 0 Å². The lowest BCUT2D eigenvalue weighted by Gasteiger charge is -2.29. The third kappa shape index (κ3) is 5.27. The number of hydrogen-bond acceptors (Lipinski definition) is 7. The van der Waals surface area contributed by atoms with E-state index in [-0.39, 0.29) is 12.5 Å². The molecule has 164 valence electrons. The van der Waals surface area contributed by atoms with Gasteiger partial charge in [0.1, 0.15) is 5.75 Å². The number of aromatic nitrogens is 2. The summed E-state index contributed by atoms with van der Waals surface area (Å²) in [6, 6.07) is 12.1. The number of amides is 1. The highest BCUT2D eigenvalue weighted by Gasteiger charge is 2.33. The molecule has 9 heteroatoms. The van der Waals surface area contributed by atoms with Gasteiger partial charge in [0.2, 0.25) is 11.8 Å². The van der Waals surface area contributed by atoms with E-state index in [1.807, 2.05) is 0 Å². The lowest BCUT2D eigenvalue weighted by Crippen LogP contribution is -2.47. The van der Waals surface area contributed by atoms with Crippen molar-refractivity contribution in [2.75, 3.05) is 21.3 Å². The maximum absolute atomic E-state index is 12.9. The molecule has 1 aromatic heterocycles. The van der Waals surface area contributed by atoms with Crippen LogP contribution in [0.2, 0.25) is 5.02 Å². The molecule has 1 amide bonds. The van der Waals surface area contributed by atoms with Crippen LogP contribution in [0.15, 0.2) is 46.9 Å². The summed E-state index contributed by atoms with van der Waals surface area (Å²) in [6.07, 6.45) is 0. The van der Waals surface area contributed by atoms with Crippen LogP contribution in [-0.2, 0) is 11.3 Å². The van der Waals surface area contributed by atoms with E-state index < -0.39 is 5.60 Å². The van der Waals surface area contributed by atoms with E-state index in [4.69, 9.17) is 30.2 Å². The predicted octanol–water partition coefficient (Wildman–Crippen LogP) is 4.22. The maximum Gasteiger partial charge on any atom is 0.266 e. The SMILES string of the molecule is COc1ccc(-c2nnc(CN(C)C(=O)C(C)(C)Oc3ccc(Cl)cc3)o2)cc1OC. The van der Waals surface area contributed by atoms with Crippen molar-refractivity contribution < 1.29 is 23.4 Å². The zero-order chi connectivity index (χ0) is 22.6. The standard InChI is InChI=1S/C22H24ClN3O5/c1-22(2,31-16-9-7-15(23)8-10-16)21(27)26(3)13-19-24-25-20(30-19)14-6-11-17(28-4)18(12-14)29-5/h6-12H,13H2,1-5H3. The first-order valence-electron chi connectivity index (χ1n) is 9.48. The molecule has 0 atom stereocenters. The Morgan fingerprint density at radius 2 is 1.74 bits per heavy atom. The molecule has 0 saturated heterocycles. The van der Waals surface area contributed by atoms with Crippen molar-refractivity contribution in [3.8, 4) is 28.7 Å². The van der Waals surface area contributed by atoms with Gasteiger partial charge in [-0.2, -0.15) is 0 Å². The molecule has 1 heterocycles. The van der Waals surface area contributed by atoms with Gasteiger partial charge in [-0.3, -0.25) is 4.79 Å². The molecule has 0 N–H and O–H groups in total. The van der Waals surface area contributed by atoms with Gasteiger partial charge in [0, 0.05) is 17.6 Å². The van der Waals surface area contributed by atoms with Crippen molar-refractivity contribution in [2.24, 2.45) is 0 Å². The second-order valence-electron chi connectivity index (χ2n) is 7.30. The number of methoxy groups -OCH3 is 2. The summed E-state index contributed by atoms with van der Waals surface area (Å²) in [7, 11) is 4.76. The predicted molar refractivity (Wildman–Crippen MR) is 115 cm³/mol. The molecule has 0 unspecified atom stereocenters. The van der Waals surface area contributed by atoms with Gasteiger partial charge in [-0.15, -0.1) is 10.2 Å². The Morgan fingerprint density at radius 1 is 1.06 bits per heavy atom. The third-order valence-electron chi connectivity index (χ3n) is 4.52. The number of benzene rings is 2. The van der Waals surface area contributed by atoms with Gasteiger partial charge in [-0.25, -0.2) is 0 Å². The molecule has 31 heavy (non-hydrogen) atoms. The summed E-state index contributed by atoms with van der Waals surface area (Å²) in [6.45, 7) is 3.53. The summed E-state index contributed by atoms with van der Waals surface area (Å²) in [5.74, 6) is 2.06. The summed E-state index contributed by atoms with van der Waals surface area (Å²) in [5, 5.41) is 8.72. The van der Waals surface area contributed by atoms with Crippen LogP contribution in [-0.4, -0.2) is 47.9 Å². The summed E-state index contributed by atoms with van der Waals surface area (Å²) < 4.78 is 22.1. The highest BCUT2D eigenvalue weighted by Crippen LogP contribution is 2.32. The third-order valence-corrected chi connectivity index (χ3v) is 4.77. The van der Waals surface area contributed by atoms with E-state index in [0.29, 0.717) is 39.6 Å². The molecule has 0 aliphatic carbocycles. The second kappa shape index (κ2) is 9.26. The average molecular weight is 446 g/mol. The smallest absolute Gasteiger partial charge is 0.266 e. The number of carbonyl (C=O) groups excluding carboxylic acids is 1. The normalized spacial score (nSPS) is 11.2. The van der Waals surface area contributed by atoms with Crippen molar-refractivity contribution >= 4 is 17.5 Å². The van der Waals surface area contributed by atoms with Gasteiger partial charge in [-0.05, 0) is 56.3 Å². The summed E-state index contributed by atoms with van der Waals surface area (Å²) >= 11 is 5.90. The van der Waals surface area contributed by atoms with Crippen molar-refractivity contribution in [2.45, 2.75) is 26.0 Å². The molecule has 0 radical (unpaired) electrons. The van der Waals surface area contributed by atoms with E-state index >= 15 is 0 Å². The Kier molecular flexibility index (Phi) is 6.70. The Hall–Kier alpha value is -3.26. The molecular formula is C22H24ClN3O5. The number of ether oxygens (including phenoxy) is 3. The lowest BCUT2D eigenvalue weighted by atomic mass is 10.1. The molecule has 3 rings (SSSR count). The Morgan fingerprint density at radius 3 is 2.39 bits per heavy atom. The molecule has 0 spiro atoms. The van der Waals surface area contributed by atoms with Crippen molar-refractivity contribution in [1.29, 1.82) is 0 Å². The van der Waals surface area contributed by atoms with Crippen LogP contribution in [0.3, 0.4) is 0 Å². The van der Waals surface area contributed by atoms with Gasteiger partial charge in [0.25, 0.3) is 5.91 Å². The molecule has 0 aliphatic heterocycles. The fraction of sp³-hybridized carbons (Fsp3) is 0.318. The van der Waals surface area contributed by atoms with Crippen LogP contribution in [0, 0.1) is 0 Å². The quantitative estimate of drug-likeness (QED) is 0.512. The number of hydrogen-bond donors (Lipinski definition) is 0. The minimum Gasteiger partial charge on any atom is -0.493 e. The fourth-order valence-electron chi connectivity index (χ4n) is 2.98. The van der Waals surface area contributed by atoms with Gasteiger partial charge < -0.3 is 23.5 Å². The van der Waals surface area contributed by atoms with Gasteiger partial charge >= 0.3 is 0 Å². The Balaban J connectivity index is 1.69. The van der Waals surface area contributed by atoms with E-state index in [1.165, 1.54) is 4.90 Å². The number of likely N-dealkylation sites (N-methyl/N-ethyl adjacent to an activating group) is 1. The van der Waals surface area contributed by atoms with Crippen LogP contribution < -0.4 is 14.2 Å². The number of nitrogens with zero attached hydrogens (tertiary/aromatic N) is 3. The first kappa shape index (κ1) is 22.4. The zero-order valence-electron chi connectivity index (χ0n) is 18.0. The molecule has 0 saturated carbocycles. The molecule has 0 bridgehead atoms. The topological polar surface area (TPSA) is 86.9 Å². The number of rotatable bonds is 8. The van der Waals surface area contributed by atoms with E-state index in [1.54, 1.807) is 77.6 Å². The van der Waals surface area contributed by atoms with Crippen LogP contribution in [0.25, 0.3) is 11.5 Å². The summed E-state index contributed by atoms with van der Waals surface area (Å²) in [4.78, 5) is 14.4. The van der Waals surface area contributed by atoms with Crippen molar-refractivity contribution in [3.05, 3.63) is 53.4 Å². The highest BCUT2D eigenvalue weighted by atomic mass is 35.5. The average Bonchev–Trinajstić information content (AvgIpc) is 3.22. The molecular weight excluding hydrogens is 422 g/mol.